The monoisotopic (exact) mass is 311 g/mol. The van der Waals surface area contributed by atoms with E-state index >= 15 is 0 Å². The number of carbonyl (C=O) groups is 1. The van der Waals surface area contributed by atoms with Crippen LogP contribution in [0, 0.1) is 6.92 Å². The van der Waals surface area contributed by atoms with Crippen LogP contribution in [0.3, 0.4) is 0 Å². The van der Waals surface area contributed by atoms with Crippen molar-refractivity contribution in [1.29, 1.82) is 0 Å². The molecule has 0 fully saturated rings. The lowest BCUT2D eigenvalue weighted by Crippen LogP contribution is -2.36. The fourth-order valence-corrected chi connectivity index (χ4v) is 2.64. The number of hydrogen-bond acceptors (Lipinski definition) is 3. The Morgan fingerprint density at radius 1 is 1.38 bits per heavy atom. The molecule has 0 aromatic heterocycles. The van der Waals surface area contributed by atoms with Crippen molar-refractivity contribution < 1.29 is 13.7 Å². The highest BCUT2D eigenvalue weighted by atomic mass is 32.2. The van der Waals surface area contributed by atoms with Gasteiger partial charge in [0.25, 0.3) is 0 Å². The number of nitrogens with one attached hydrogen (secondary N) is 1. The van der Waals surface area contributed by atoms with Crippen LogP contribution in [0.2, 0.25) is 0 Å². The minimum absolute atomic E-state index is 0.166. The maximum atomic E-state index is 12.3. The minimum atomic E-state index is -1.25. The zero-order valence-corrected chi connectivity index (χ0v) is 14.3. The molecule has 1 aromatic rings. The number of carbonyl (C=O) groups excluding carboxylic acids is 1. The summed E-state index contributed by atoms with van der Waals surface area (Å²) < 4.78 is 20.0. The van der Waals surface area contributed by atoms with Crippen LogP contribution in [-0.4, -0.2) is 21.5 Å². The molecule has 1 aromatic carbocycles. The highest BCUT2D eigenvalue weighted by Crippen LogP contribution is 2.22. The van der Waals surface area contributed by atoms with Crippen molar-refractivity contribution in [2.75, 3.05) is 6.61 Å². The molecular weight excluding hydrogens is 286 g/mol. The van der Waals surface area contributed by atoms with Crippen LogP contribution in [0.1, 0.15) is 51.3 Å². The highest BCUT2D eigenvalue weighted by Gasteiger charge is 2.25. The lowest BCUT2D eigenvalue weighted by Gasteiger charge is -2.24. The quantitative estimate of drug-likeness (QED) is 0.822. The van der Waals surface area contributed by atoms with E-state index in [-0.39, 0.29) is 18.4 Å². The van der Waals surface area contributed by atoms with E-state index in [1.807, 2.05) is 52.0 Å². The fourth-order valence-electron chi connectivity index (χ4n) is 1.81. The van der Waals surface area contributed by atoms with Gasteiger partial charge in [0, 0.05) is 0 Å². The molecule has 1 rings (SSSR count). The second kappa shape index (κ2) is 7.71. The Kier molecular flexibility index (Phi) is 6.55. The maximum absolute atomic E-state index is 12.3. The first kappa shape index (κ1) is 17.9. The summed E-state index contributed by atoms with van der Waals surface area (Å²) in [4.78, 5) is 11.8. The molecule has 1 unspecified atom stereocenters. The minimum Gasteiger partial charge on any atom is -0.466 e. The van der Waals surface area contributed by atoms with Crippen LogP contribution in [0.25, 0.3) is 0 Å². The summed E-state index contributed by atoms with van der Waals surface area (Å²) in [6.45, 7) is 9.81. The zero-order valence-electron chi connectivity index (χ0n) is 13.4. The molecule has 4 nitrogen and oxygen atoms in total. The molecule has 21 heavy (non-hydrogen) atoms. The van der Waals surface area contributed by atoms with E-state index in [9.17, 15) is 9.00 Å². The summed E-state index contributed by atoms with van der Waals surface area (Å²) >= 11 is 0. The van der Waals surface area contributed by atoms with Gasteiger partial charge in [0.2, 0.25) is 0 Å². The number of rotatable bonds is 6. The van der Waals surface area contributed by atoms with Gasteiger partial charge in [0.15, 0.2) is 0 Å². The molecular formula is C16H25NO3S. The van der Waals surface area contributed by atoms with E-state index < -0.39 is 15.7 Å². The van der Waals surface area contributed by atoms with Gasteiger partial charge in [-0.05, 0) is 40.2 Å². The third-order valence-corrected chi connectivity index (χ3v) is 4.54. The van der Waals surface area contributed by atoms with Crippen LogP contribution in [0.4, 0.5) is 0 Å². The van der Waals surface area contributed by atoms with Crippen LogP contribution in [0.15, 0.2) is 24.3 Å². The lowest BCUT2D eigenvalue weighted by atomic mass is 10.0. The zero-order chi connectivity index (χ0) is 16.0. The predicted molar refractivity (Wildman–Crippen MR) is 86.2 cm³/mol. The van der Waals surface area contributed by atoms with Gasteiger partial charge in [-0.25, -0.2) is 8.93 Å². The normalized spacial score (nSPS) is 14.5. The van der Waals surface area contributed by atoms with E-state index in [0.29, 0.717) is 6.61 Å². The molecule has 0 aliphatic heterocycles. The van der Waals surface area contributed by atoms with Crippen molar-refractivity contribution in [3.63, 3.8) is 0 Å². The molecule has 1 N–H and O–H groups in total. The summed E-state index contributed by atoms with van der Waals surface area (Å²) in [6.07, 6.45) is 0.166. The molecule has 0 saturated heterocycles. The van der Waals surface area contributed by atoms with Gasteiger partial charge in [-0.15, -0.1) is 0 Å². The van der Waals surface area contributed by atoms with E-state index in [0.717, 1.165) is 11.1 Å². The first-order chi connectivity index (χ1) is 9.74. The van der Waals surface area contributed by atoms with Gasteiger partial charge in [0.1, 0.15) is 0 Å². The SMILES string of the molecule is CCOC(=O)C[C@H](NS(=O)C(C)(C)C)c1cccc(C)c1. The number of ether oxygens (including phenoxy) is 1. The van der Waals surface area contributed by atoms with E-state index in [2.05, 4.69) is 4.72 Å². The summed E-state index contributed by atoms with van der Waals surface area (Å²) in [5.41, 5.74) is 2.05. The van der Waals surface area contributed by atoms with Gasteiger partial charge in [0.05, 0.1) is 34.8 Å². The second-order valence-corrected chi connectivity index (χ2v) is 7.97. The van der Waals surface area contributed by atoms with Crippen molar-refractivity contribution in [1.82, 2.24) is 4.72 Å². The molecule has 0 saturated carbocycles. The van der Waals surface area contributed by atoms with Gasteiger partial charge in [-0.2, -0.15) is 0 Å². The molecule has 0 heterocycles. The number of hydrogen-bond donors (Lipinski definition) is 1. The standard InChI is InChI=1S/C16H25NO3S/c1-6-20-15(18)11-14(17-21(19)16(3,4)5)13-9-7-8-12(2)10-13/h7-10,14,17H,6,11H2,1-5H3/t14-,21?/m0/s1. The Morgan fingerprint density at radius 2 is 2.05 bits per heavy atom. The van der Waals surface area contributed by atoms with Crippen molar-refractivity contribution in [2.24, 2.45) is 0 Å². The molecule has 0 spiro atoms. The fraction of sp³-hybridized carbons (Fsp3) is 0.562. The lowest BCUT2D eigenvalue weighted by molar-refractivity contribution is -0.143. The molecule has 0 bridgehead atoms. The van der Waals surface area contributed by atoms with Crippen LogP contribution < -0.4 is 4.72 Å². The molecule has 118 valence electrons. The van der Waals surface area contributed by atoms with Crippen LogP contribution in [-0.2, 0) is 20.5 Å². The Hall–Kier alpha value is -1.20. The average Bonchev–Trinajstić information content (AvgIpc) is 2.37. The van der Waals surface area contributed by atoms with Crippen LogP contribution >= 0.6 is 0 Å². The van der Waals surface area contributed by atoms with E-state index in [1.54, 1.807) is 6.92 Å². The Bertz CT molecular complexity index is 508. The van der Waals surface area contributed by atoms with E-state index in [1.165, 1.54) is 0 Å². The average molecular weight is 311 g/mol. The molecule has 5 heteroatoms. The van der Waals surface area contributed by atoms with Crippen molar-refractivity contribution in [3.8, 4) is 0 Å². The van der Waals surface area contributed by atoms with Gasteiger partial charge in [-0.1, -0.05) is 29.8 Å². The molecule has 0 amide bonds. The predicted octanol–water partition coefficient (Wildman–Crippen LogP) is 3.04. The third-order valence-electron chi connectivity index (χ3n) is 2.93. The third kappa shape index (κ3) is 5.98. The first-order valence-corrected chi connectivity index (χ1v) is 8.29. The van der Waals surface area contributed by atoms with Crippen molar-refractivity contribution in [3.05, 3.63) is 35.4 Å². The molecule has 0 aliphatic carbocycles. The van der Waals surface area contributed by atoms with Crippen molar-refractivity contribution in [2.45, 2.75) is 51.8 Å². The molecule has 0 radical (unpaired) electrons. The van der Waals surface area contributed by atoms with Crippen molar-refractivity contribution >= 4 is 17.0 Å². The van der Waals surface area contributed by atoms with Crippen LogP contribution in [0.5, 0.6) is 0 Å². The Morgan fingerprint density at radius 3 is 2.57 bits per heavy atom. The number of benzene rings is 1. The maximum Gasteiger partial charge on any atom is 0.307 e. The number of aryl methyl sites for hydroxylation is 1. The smallest absolute Gasteiger partial charge is 0.307 e. The molecule has 2 atom stereocenters. The molecule has 0 aliphatic rings. The summed E-state index contributed by atoms with van der Waals surface area (Å²) in [7, 11) is -1.25. The topological polar surface area (TPSA) is 55.4 Å². The summed E-state index contributed by atoms with van der Waals surface area (Å²) in [5.74, 6) is -0.289. The summed E-state index contributed by atoms with van der Waals surface area (Å²) in [5, 5.41) is 0. The first-order valence-electron chi connectivity index (χ1n) is 7.14. The summed E-state index contributed by atoms with van der Waals surface area (Å²) in [6, 6.07) is 7.54. The second-order valence-electron chi connectivity index (χ2n) is 5.97. The Balaban J connectivity index is 2.94. The van der Waals surface area contributed by atoms with Gasteiger partial charge in [-0.3, -0.25) is 4.79 Å². The largest absolute Gasteiger partial charge is 0.466 e. The van der Waals surface area contributed by atoms with Gasteiger partial charge < -0.3 is 4.74 Å². The Labute approximate surface area is 129 Å². The number of esters is 1. The highest BCUT2D eigenvalue weighted by molar-refractivity contribution is 7.84. The van der Waals surface area contributed by atoms with E-state index in [4.69, 9.17) is 4.74 Å². The van der Waals surface area contributed by atoms with Gasteiger partial charge >= 0.3 is 5.97 Å².